The van der Waals surface area contributed by atoms with Crippen molar-refractivity contribution in [2.45, 2.75) is 6.42 Å². The third-order valence-corrected chi connectivity index (χ3v) is 6.64. The van der Waals surface area contributed by atoms with Crippen molar-refractivity contribution in [3.05, 3.63) is 83.7 Å². The fourth-order valence-corrected chi connectivity index (χ4v) is 4.86. The molecule has 0 aliphatic carbocycles. The summed E-state index contributed by atoms with van der Waals surface area (Å²) in [5.74, 6) is 0.603. The standard InChI is InChI=1S/C25H22N4O3S/c30-21(17-19-9-4-5-11-26-19)28-12-14-29(15-13-28)25(31)23-22(18-7-2-1-3-8-18)27-24(33-23)20-10-6-16-32-20/h1-11,16H,12-15,17H2. The van der Waals surface area contributed by atoms with Gasteiger partial charge in [-0.2, -0.15) is 0 Å². The average Bonchev–Trinajstić information content (AvgIpc) is 3.55. The van der Waals surface area contributed by atoms with E-state index in [-0.39, 0.29) is 18.2 Å². The van der Waals surface area contributed by atoms with Crippen molar-refractivity contribution >= 4 is 23.2 Å². The summed E-state index contributed by atoms with van der Waals surface area (Å²) in [6.45, 7) is 1.97. The molecule has 1 fully saturated rings. The summed E-state index contributed by atoms with van der Waals surface area (Å²) in [7, 11) is 0. The van der Waals surface area contributed by atoms with Crippen molar-refractivity contribution in [3.8, 4) is 22.0 Å². The Bertz CT molecular complexity index is 1230. The Labute approximate surface area is 195 Å². The van der Waals surface area contributed by atoms with E-state index in [0.29, 0.717) is 47.5 Å². The highest BCUT2D eigenvalue weighted by molar-refractivity contribution is 7.17. The molecule has 33 heavy (non-hydrogen) atoms. The fraction of sp³-hybridized carbons (Fsp3) is 0.200. The molecule has 1 aromatic carbocycles. The minimum absolute atomic E-state index is 0.0312. The minimum Gasteiger partial charge on any atom is -0.462 e. The molecule has 3 aromatic heterocycles. The smallest absolute Gasteiger partial charge is 0.266 e. The minimum atomic E-state index is -0.0685. The lowest BCUT2D eigenvalue weighted by molar-refractivity contribution is -0.132. The second kappa shape index (κ2) is 9.38. The second-order valence-electron chi connectivity index (χ2n) is 7.71. The van der Waals surface area contributed by atoms with Gasteiger partial charge in [0, 0.05) is 43.6 Å². The van der Waals surface area contributed by atoms with E-state index in [9.17, 15) is 9.59 Å². The molecule has 8 heteroatoms. The molecule has 1 saturated heterocycles. The third-order valence-electron chi connectivity index (χ3n) is 5.58. The van der Waals surface area contributed by atoms with Crippen LogP contribution in [0, 0.1) is 0 Å². The van der Waals surface area contributed by atoms with E-state index in [0.717, 1.165) is 11.3 Å². The van der Waals surface area contributed by atoms with Gasteiger partial charge >= 0.3 is 0 Å². The number of carbonyl (C=O) groups is 2. The number of amides is 2. The number of aromatic nitrogens is 2. The summed E-state index contributed by atoms with van der Waals surface area (Å²) in [6.07, 6.45) is 3.56. The first-order valence-corrected chi connectivity index (χ1v) is 11.6. The number of hydrogen-bond acceptors (Lipinski definition) is 6. The van der Waals surface area contributed by atoms with Crippen LogP contribution in [-0.2, 0) is 11.2 Å². The molecule has 1 aliphatic rings. The molecule has 0 atom stereocenters. The first kappa shape index (κ1) is 21.1. The number of carbonyl (C=O) groups excluding carboxylic acids is 2. The van der Waals surface area contributed by atoms with Crippen LogP contribution in [0.2, 0.25) is 0 Å². The number of furan rings is 1. The van der Waals surface area contributed by atoms with E-state index in [1.54, 1.807) is 22.3 Å². The summed E-state index contributed by atoms with van der Waals surface area (Å²) >= 11 is 1.34. The van der Waals surface area contributed by atoms with Crippen LogP contribution in [0.4, 0.5) is 0 Å². The molecule has 166 valence electrons. The Hall–Kier alpha value is -3.78. The van der Waals surface area contributed by atoms with Crippen LogP contribution < -0.4 is 0 Å². The molecule has 0 N–H and O–H groups in total. The third kappa shape index (κ3) is 4.56. The Morgan fingerprint density at radius 3 is 2.36 bits per heavy atom. The van der Waals surface area contributed by atoms with Crippen molar-refractivity contribution in [1.82, 2.24) is 19.8 Å². The molecule has 0 unspecified atom stereocenters. The van der Waals surface area contributed by atoms with Crippen molar-refractivity contribution in [2.24, 2.45) is 0 Å². The van der Waals surface area contributed by atoms with Gasteiger partial charge in [0.15, 0.2) is 10.8 Å². The Kier molecular flexibility index (Phi) is 5.99. The van der Waals surface area contributed by atoms with Gasteiger partial charge in [-0.25, -0.2) is 4.98 Å². The van der Waals surface area contributed by atoms with Crippen LogP contribution in [0.5, 0.6) is 0 Å². The van der Waals surface area contributed by atoms with Crippen molar-refractivity contribution in [1.29, 1.82) is 0 Å². The summed E-state index contributed by atoms with van der Waals surface area (Å²) in [4.78, 5) is 39.3. The van der Waals surface area contributed by atoms with Gasteiger partial charge in [0.2, 0.25) is 5.91 Å². The first-order valence-electron chi connectivity index (χ1n) is 10.8. The summed E-state index contributed by atoms with van der Waals surface area (Å²) in [6, 6.07) is 18.9. The molecular formula is C25H22N4O3S. The van der Waals surface area contributed by atoms with Gasteiger partial charge in [0.05, 0.1) is 18.4 Å². The Morgan fingerprint density at radius 2 is 1.67 bits per heavy atom. The lowest BCUT2D eigenvalue weighted by Gasteiger charge is -2.34. The fourth-order valence-electron chi connectivity index (χ4n) is 3.83. The number of nitrogens with zero attached hydrogens (tertiary/aromatic N) is 4. The monoisotopic (exact) mass is 458 g/mol. The molecule has 4 heterocycles. The number of thiazole rings is 1. The number of piperazine rings is 1. The highest BCUT2D eigenvalue weighted by atomic mass is 32.1. The van der Waals surface area contributed by atoms with Gasteiger partial charge in [0.25, 0.3) is 5.91 Å². The normalized spacial score (nSPS) is 13.8. The highest BCUT2D eigenvalue weighted by Gasteiger charge is 2.29. The van der Waals surface area contributed by atoms with Gasteiger partial charge in [-0.05, 0) is 24.3 Å². The SMILES string of the molecule is O=C(Cc1ccccn1)N1CCN(C(=O)c2sc(-c3ccco3)nc2-c2ccccc2)CC1. The zero-order valence-corrected chi connectivity index (χ0v) is 18.7. The summed E-state index contributed by atoms with van der Waals surface area (Å²) in [5, 5.41) is 0.673. The second-order valence-corrected chi connectivity index (χ2v) is 8.71. The maximum absolute atomic E-state index is 13.5. The molecule has 0 saturated carbocycles. The maximum atomic E-state index is 13.5. The first-order chi connectivity index (χ1) is 16.2. The van der Waals surface area contributed by atoms with Crippen LogP contribution in [0.1, 0.15) is 15.4 Å². The molecule has 7 nitrogen and oxygen atoms in total. The molecule has 0 spiro atoms. The van der Waals surface area contributed by atoms with Gasteiger partial charge in [-0.1, -0.05) is 36.4 Å². The lowest BCUT2D eigenvalue weighted by Crippen LogP contribution is -2.51. The maximum Gasteiger partial charge on any atom is 0.266 e. The van der Waals surface area contributed by atoms with E-state index in [1.165, 1.54) is 11.3 Å². The molecule has 4 aromatic rings. The van der Waals surface area contributed by atoms with E-state index in [1.807, 2.05) is 60.7 Å². The van der Waals surface area contributed by atoms with Crippen LogP contribution in [0.25, 0.3) is 22.0 Å². The molecular weight excluding hydrogens is 436 g/mol. The Balaban J connectivity index is 1.32. The van der Waals surface area contributed by atoms with E-state index < -0.39 is 0 Å². The van der Waals surface area contributed by atoms with E-state index in [4.69, 9.17) is 9.40 Å². The quantitative estimate of drug-likeness (QED) is 0.452. The number of hydrogen-bond donors (Lipinski definition) is 0. The molecule has 1 aliphatic heterocycles. The van der Waals surface area contributed by atoms with Crippen LogP contribution in [0.15, 0.2) is 77.5 Å². The van der Waals surface area contributed by atoms with Gasteiger partial charge < -0.3 is 14.2 Å². The molecule has 2 amide bonds. The van der Waals surface area contributed by atoms with Crippen LogP contribution >= 0.6 is 11.3 Å². The van der Waals surface area contributed by atoms with Crippen molar-refractivity contribution in [3.63, 3.8) is 0 Å². The van der Waals surface area contributed by atoms with Gasteiger partial charge in [0.1, 0.15) is 4.88 Å². The molecule has 0 bridgehead atoms. The number of benzene rings is 1. The summed E-state index contributed by atoms with van der Waals surface area (Å²) in [5.41, 5.74) is 2.30. The number of rotatable bonds is 5. The van der Waals surface area contributed by atoms with Gasteiger partial charge in [-0.3, -0.25) is 14.6 Å². The number of pyridine rings is 1. The van der Waals surface area contributed by atoms with E-state index >= 15 is 0 Å². The predicted molar refractivity (Wildman–Crippen MR) is 126 cm³/mol. The zero-order valence-electron chi connectivity index (χ0n) is 17.9. The molecule has 0 radical (unpaired) electrons. The van der Waals surface area contributed by atoms with Crippen LogP contribution in [0.3, 0.4) is 0 Å². The van der Waals surface area contributed by atoms with Crippen molar-refractivity contribution < 1.29 is 14.0 Å². The largest absolute Gasteiger partial charge is 0.462 e. The highest BCUT2D eigenvalue weighted by Crippen LogP contribution is 2.35. The average molecular weight is 459 g/mol. The van der Waals surface area contributed by atoms with Crippen LogP contribution in [-0.4, -0.2) is 57.8 Å². The molecule has 5 rings (SSSR count). The van der Waals surface area contributed by atoms with Gasteiger partial charge in [-0.15, -0.1) is 11.3 Å². The zero-order chi connectivity index (χ0) is 22.6. The topological polar surface area (TPSA) is 79.5 Å². The Morgan fingerprint density at radius 1 is 0.909 bits per heavy atom. The lowest BCUT2D eigenvalue weighted by atomic mass is 10.1. The predicted octanol–water partition coefficient (Wildman–Crippen LogP) is 3.99. The van der Waals surface area contributed by atoms with Crippen molar-refractivity contribution in [2.75, 3.05) is 26.2 Å². The summed E-state index contributed by atoms with van der Waals surface area (Å²) < 4.78 is 5.51. The van der Waals surface area contributed by atoms with E-state index in [2.05, 4.69) is 4.98 Å².